The highest BCUT2D eigenvalue weighted by Crippen LogP contribution is 2.20. The minimum atomic E-state index is 0.913. The molecule has 4 heteroatoms. The summed E-state index contributed by atoms with van der Waals surface area (Å²) in [6, 6.07) is 10.5. The van der Waals surface area contributed by atoms with Gasteiger partial charge in [0.05, 0.1) is 12.1 Å². The molecular formula is C16H16N4. The van der Waals surface area contributed by atoms with E-state index in [9.17, 15) is 0 Å². The van der Waals surface area contributed by atoms with Crippen molar-refractivity contribution in [3.8, 4) is 0 Å². The third-order valence-corrected chi connectivity index (χ3v) is 3.93. The minimum Gasteiger partial charge on any atom is -0.333 e. The molecule has 0 atom stereocenters. The highest BCUT2D eigenvalue weighted by atomic mass is 15.2. The molecule has 20 heavy (non-hydrogen) atoms. The van der Waals surface area contributed by atoms with Gasteiger partial charge in [0.25, 0.3) is 0 Å². The summed E-state index contributed by atoms with van der Waals surface area (Å²) in [6.45, 7) is 3.93. The molecule has 4 rings (SSSR count). The van der Waals surface area contributed by atoms with Crippen LogP contribution in [-0.4, -0.2) is 26.0 Å². The van der Waals surface area contributed by atoms with Crippen molar-refractivity contribution in [2.24, 2.45) is 0 Å². The number of aromatic nitrogens is 3. The molecule has 3 heterocycles. The fraction of sp³-hybridized carbons (Fsp3) is 0.250. The first-order valence-electron chi connectivity index (χ1n) is 6.95. The number of benzene rings is 1. The molecule has 100 valence electrons. The van der Waals surface area contributed by atoms with Crippen LogP contribution < -0.4 is 0 Å². The fourth-order valence-corrected chi connectivity index (χ4v) is 2.89. The Bertz CT molecular complexity index is 742. The van der Waals surface area contributed by atoms with Crippen molar-refractivity contribution in [2.45, 2.75) is 19.6 Å². The summed E-state index contributed by atoms with van der Waals surface area (Å²) in [6.07, 6.45) is 5.82. The van der Waals surface area contributed by atoms with Gasteiger partial charge in [0.15, 0.2) is 0 Å². The minimum absolute atomic E-state index is 0.913. The zero-order chi connectivity index (χ0) is 13.4. The number of imidazole rings is 1. The Morgan fingerprint density at radius 1 is 1.00 bits per heavy atom. The molecule has 0 aliphatic carbocycles. The second-order valence-corrected chi connectivity index (χ2v) is 5.24. The molecule has 4 nitrogen and oxygen atoms in total. The van der Waals surface area contributed by atoms with Crippen LogP contribution in [0.3, 0.4) is 0 Å². The van der Waals surface area contributed by atoms with E-state index in [-0.39, 0.29) is 0 Å². The van der Waals surface area contributed by atoms with Gasteiger partial charge >= 0.3 is 0 Å². The number of pyridine rings is 1. The second-order valence-electron chi connectivity index (χ2n) is 5.24. The molecule has 0 N–H and O–H groups in total. The summed E-state index contributed by atoms with van der Waals surface area (Å²) >= 11 is 0. The lowest BCUT2D eigenvalue weighted by atomic mass is 10.1. The molecule has 1 aliphatic heterocycles. The Hall–Kier alpha value is -2.20. The van der Waals surface area contributed by atoms with Crippen LogP contribution in [-0.2, 0) is 19.6 Å². The highest BCUT2D eigenvalue weighted by molar-refractivity contribution is 5.81. The SMILES string of the molecule is c1cnc2c(CN3CCn4ccnc4C3)cccc2c1. The molecule has 1 aliphatic rings. The first-order valence-corrected chi connectivity index (χ1v) is 6.95. The first-order chi connectivity index (χ1) is 9.90. The van der Waals surface area contributed by atoms with Crippen molar-refractivity contribution in [3.05, 3.63) is 60.3 Å². The van der Waals surface area contributed by atoms with E-state index in [0.29, 0.717) is 0 Å². The molecule has 0 fully saturated rings. The van der Waals surface area contributed by atoms with Crippen LogP contribution in [0.5, 0.6) is 0 Å². The zero-order valence-electron chi connectivity index (χ0n) is 11.2. The molecule has 0 saturated heterocycles. The molecule has 2 aromatic heterocycles. The van der Waals surface area contributed by atoms with Gasteiger partial charge in [-0.05, 0) is 11.6 Å². The average molecular weight is 264 g/mol. The Morgan fingerprint density at radius 3 is 2.95 bits per heavy atom. The Balaban J connectivity index is 1.63. The maximum Gasteiger partial charge on any atom is 0.122 e. The lowest BCUT2D eigenvalue weighted by Gasteiger charge is -2.27. The summed E-state index contributed by atoms with van der Waals surface area (Å²) in [7, 11) is 0. The number of rotatable bonds is 2. The van der Waals surface area contributed by atoms with Crippen molar-refractivity contribution in [1.82, 2.24) is 19.4 Å². The van der Waals surface area contributed by atoms with Gasteiger partial charge in [-0.3, -0.25) is 9.88 Å². The third kappa shape index (κ3) is 1.98. The smallest absolute Gasteiger partial charge is 0.122 e. The van der Waals surface area contributed by atoms with Crippen molar-refractivity contribution in [3.63, 3.8) is 0 Å². The number of hydrogen-bond acceptors (Lipinski definition) is 3. The van der Waals surface area contributed by atoms with Crippen LogP contribution >= 0.6 is 0 Å². The third-order valence-electron chi connectivity index (χ3n) is 3.93. The van der Waals surface area contributed by atoms with Crippen LogP contribution in [0.4, 0.5) is 0 Å². The molecule has 3 aromatic rings. The largest absolute Gasteiger partial charge is 0.333 e. The zero-order valence-corrected chi connectivity index (χ0v) is 11.2. The Labute approximate surface area is 117 Å². The predicted molar refractivity (Wildman–Crippen MR) is 78.1 cm³/mol. The molecule has 0 amide bonds. The van der Waals surface area contributed by atoms with Crippen LogP contribution in [0.25, 0.3) is 10.9 Å². The number of nitrogens with zero attached hydrogens (tertiary/aromatic N) is 4. The van der Waals surface area contributed by atoms with Gasteiger partial charge in [-0.15, -0.1) is 0 Å². The quantitative estimate of drug-likeness (QED) is 0.713. The molecule has 0 spiro atoms. The molecular weight excluding hydrogens is 248 g/mol. The molecule has 0 unspecified atom stereocenters. The van der Waals surface area contributed by atoms with Crippen LogP contribution in [0.1, 0.15) is 11.4 Å². The first kappa shape index (κ1) is 11.6. The summed E-state index contributed by atoms with van der Waals surface area (Å²) in [5, 5.41) is 1.21. The van der Waals surface area contributed by atoms with E-state index >= 15 is 0 Å². The van der Waals surface area contributed by atoms with Gasteiger partial charge in [0.1, 0.15) is 5.82 Å². The monoisotopic (exact) mass is 264 g/mol. The van der Waals surface area contributed by atoms with Crippen LogP contribution in [0.15, 0.2) is 48.9 Å². The highest BCUT2D eigenvalue weighted by Gasteiger charge is 2.17. The summed E-state index contributed by atoms with van der Waals surface area (Å²) < 4.78 is 2.23. The van der Waals surface area contributed by atoms with E-state index in [1.807, 2.05) is 18.5 Å². The van der Waals surface area contributed by atoms with Crippen LogP contribution in [0, 0.1) is 0 Å². The molecule has 1 aromatic carbocycles. The standard InChI is InChI=1S/C16H16N4/c1-3-13-5-2-6-18-16(13)14(4-1)11-19-9-10-20-8-7-17-15(20)12-19/h1-8H,9-12H2. The normalized spacial score (nSPS) is 15.4. The summed E-state index contributed by atoms with van der Waals surface area (Å²) in [4.78, 5) is 11.4. The topological polar surface area (TPSA) is 34.0 Å². The molecule has 0 saturated carbocycles. The molecule has 0 radical (unpaired) electrons. The summed E-state index contributed by atoms with van der Waals surface area (Å²) in [5.41, 5.74) is 2.41. The van der Waals surface area contributed by atoms with Gasteiger partial charge in [-0.1, -0.05) is 24.3 Å². The van der Waals surface area contributed by atoms with E-state index in [2.05, 4.69) is 49.9 Å². The van der Waals surface area contributed by atoms with Gasteiger partial charge < -0.3 is 4.57 Å². The number of para-hydroxylation sites is 1. The predicted octanol–water partition coefficient (Wildman–Crippen LogP) is 2.45. The molecule has 0 bridgehead atoms. The van der Waals surface area contributed by atoms with E-state index in [1.54, 1.807) is 0 Å². The van der Waals surface area contributed by atoms with E-state index in [0.717, 1.165) is 37.5 Å². The van der Waals surface area contributed by atoms with Gasteiger partial charge in [-0.25, -0.2) is 4.98 Å². The summed E-state index contributed by atoms with van der Waals surface area (Å²) in [5.74, 6) is 1.16. The van der Waals surface area contributed by atoms with Crippen molar-refractivity contribution in [1.29, 1.82) is 0 Å². The fourth-order valence-electron chi connectivity index (χ4n) is 2.89. The van der Waals surface area contributed by atoms with E-state index in [1.165, 1.54) is 10.9 Å². The van der Waals surface area contributed by atoms with Crippen molar-refractivity contribution >= 4 is 10.9 Å². The number of fused-ring (bicyclic) bond motifs is 2. The van der Waals surface area contributed by atoms with Crippen molar-refractivity contribution in [2.75, 3.05) is 6.54 Å². The maximum absolute atomic E-state index is 4.53. The Kier molecular flexibility index (Phi) is 2.74. The lowest BCUT2D eigenvalue weighted by molar-refractivity contribution is 0.209. The van der Waals surface area contributed by atoms with Gasteiger partial charge in [0, 0.05) is 43.6 Å². The lowest BCUT2D eigenvalue weighted by Crippen LogP contribution is -2.33. The van der Waals surface area contributed by atoms with Crippen LogP contribution in [0.2, 0.25) is 0 Å². The van der Waals surface area contributed by atoms with E-state index < -0.39 is 0 Å². The average Bonchev–Trinajstić information content (AvgIpc) is 2.95. The van der Waals surface area contributed by atoms with E-state index in [4.69, 9.17) is 0 Å². The number of hydrogen-bond donors (Lipinski definition) is 0. The maximum atomic E-state index is 4.53. The Morgan fingerprint density at radius 2 is 1.95 bits per heavy atom. The van der Waals surface area contributed by atoms with Crippen molar-refractivity contribution < 1.29 is 0 Å². The second kappa shape index (κ2) is 4.72. The van der Waals surface area contributed by atoms with Gasteiger partial charge in [-0.2, -0.15) is 0 Å². The van der Waals surface area contributed by atoms with Gasteiger partial charge in [0.2, 0.25) is 0 Å².